The molecule has 2 aromatic heterocycles. The predicted molar refractivity (Wildman–Crippen MR) is 96.3 cm³/mol. The van der Waals surface area contributed by atoms with Gasteiger partial charge in [0.25, 0.3) is 0 Å². The number of aromatic amines is 1. The third-order valence-electron chi connectivity index (χ3n) is 5.03. The van der Waals surface area contributed by atoms with Gasteiger partial charge in [0.2, 0.25) is 5.91 Å². The Hall–Kier alpha value is -1.70. The molecule has 4 heterocycles. The lowest BCUT2D eigenvalue weighted by atomic mass is 10.1. The number of carbonyl (C=O) groups is 1. The van der Waals surface area contributed by atoms with Crippen LogP contribution in [0, 0.1) is 5.92 Å². The minimum atomic E-state index is 0.156. The van der Waals surface area contributed by atoms with Gasteiger partial charge in [-0.15, -0.1) is 0 Å². The number of H-pyrrole nitrogens is 1. The first-order chi connectivity index (χ1) is 12.3. The highest BCUT2D eigenvalue weighted by Crippen LogP contribution is 2.22. The molecule has 0 saturated carbocycles. The highest BCUT2D eigenvalue weighted by Gasteiger charge is 2.35. The van der Waals surface area contributed by atoms with Crippen LogP contribution in [0.4, 0.5) is 0 Å². The van der Waals surface area contributed by atoms with Crippen molar-refractivity contribution < 1.29 is 9.53 Å². The number of rotatable bonds is 5. The summed E-state index contributed by atoms with van der Waals surface area (Å²) in [5, 5.41) is 11.1. The predicted octanol–water partition coefficient (Wildman–Crippen LogP) is 1.76. The number of hydrogen-bond donors (Lipinski definition) is 1. The van der Waals surface area contributed by atoms with E-state index in [0.29, 0.717) is 18.9 Å². The zero-order chi connectivity index (χ0) is 17.1. The number of thiophene rings is 1. The van der Waals surface area contributed by atoms with Gasteiger partial charge in [0, 0.05) is 44.7 Å². The lowest BCUT2D eigenvalue weighted by molar-refractivity contribution is -0.133. The van der Waals surface area contributed by atoms with E-state index in [2.05, 4.69) is 36.8 Å². The van der Waals surface area contributed by atoms with Crippen molar-refractivity contribution in [1.82, 2.24) is 20.0 Å². The maximum atomic E-state index is 12.8. The molecular weight excluding hydrogens is 336 g/mol. The van der Waals surface area contributed by atoms with Crippen molar-refractivity contribution in [2.75, 3.05) is 32.8 Å². The fourth-order valence-corrected chi connectivity index (χ4v) is 4.48. The molecule has 2 fully saturated rings. The maximum Gasteiger partial charge on any atom is 0.223 e. The normalized spacial score (nSPS) is 24.2. The molecule has 2 saturated heterocycles. The molecule has 134 valence electrons. The van der Waals surface area contributed by atoms with E-state index in [1.165, 1.54) is 5.56 Å². The maximum absolute atomic E-state index is 12.8. The van der Waals surface area contributed by atoms with Crippen LogP contribution in [0.3, 0.4) is 0 Å². The summed E-state index contributed by atoms with van der Waals surface area (Å²) in [7, 11) is 0. The van der Waals surface area contributed by atoms with E-state index in [9.17, 15) is 4.79 Å². The van der Waals surface area contributed by atoms with E-state index in [4.69, 9.17) is 4.74 Å². The van der Waals surface area contributed by atoms with Gasteiger partial charge in [-0.1, -0.05) is 0 Å². The third kappa shape index (κ3) is 4.11. The lowest BCUT2D eigenvalue weighted by Crippen LogP contribution is -2.46. The molecule has 7 heteroatoms. The Balaban J connectivity index is 1.41. The second kappa shape index (κ2) is 7.68. The summed E-state index contributed by atoms with van der Waals surface area (Å²) in [5.74, 6) is 0.628. The van der Waals surface area contributed by atoms with Gasteiger partial charge in [0.1, 0.15) is 0 Å². The van der Waals surface area contributed by atoms with Crippen LogP contribution >= 0.6 is 11.3 Å². The number of hydrogen-bond acceptors (Lipinski definition) is 5. The standard InChI is InChI=1S/C18H24N4O2S/c23-18(2-1-14-5-19-20-6-14)22-9-16-8-21(7-15-3-4-25-13-15)10-17(22)12-24-11-16/h3-6,13,16-17H,1-2,7-12H2,(H,19,20)/t16-,17-/m0/s1. The van der Waals surface area contributed by atoms with Gasteiger partial charge >= 0.3 is 0 Å². The van der Waals surface area contributed by atoms with Crippen LogP contribution < -0.4 is 0 Å². The molecule has 2 bridgehead atoms. The van der Waals surface area contributed by atoms with Crippen molar-refractivity contribution in [3.05, 3.63) is 40.3 Å². The van der Waals surface area contributed by atoms with Crippen LogP contribution in [-0.2, 0) is 22.5 Å². The zero-order valence-electron chi connectivity index (χ0n) is 14.3. The number of carbonyl (C=O) groups excluding carboxylic acids is 1. The van der Waals surface area contributed by atoms with E-state index in [1.54, 1.807) is 17.5 Å². The molecule has 4 rings (SSSR count). The Bertz CT molecular complexity index is 673. The largest absolute Gasteiger partial charge is 0.379 e. The summed E-state index contributed by atoms with van der Waals surface area (Å²) < 4.78 is 5.84. The third-order valence-corrected chi connectivity index (χ3v) is 5.77. The second-order valence-electron chi connectivity index (χ2n) is 7.04. The van der Waals surface area contributed by atoms with Crippen molar-refractivity contribution in [2.24, 2.45) is 5.92 Å². The van der Waals surface area contributed by atoms with Crippen molar-refractivity contribution >= 4 is 17.2 Å². The van der Waals surface area contributed by atoms with Gasteiger partial charge in [-0.05, 0) is 34.4 Å². The van der Waals surface area contributed by atoms with Crippen LogP contribution in [-0.4, -0.2) is 64.8 Å². The Kier molecular flexibility index (Phi) is 5.14. The van der Waals surface area contributed by atoms with Crippen molar-refractivity contribution in [3.63, 3.8) is 0 Å². The molecule has 1 amide bonds. The summed E-state index contributed by atoms with van der Waals surface area (Å²) in [4.78, 5) is 17.4. The molecule has 2 aliphatic rings. The smallest absolute Gasteiger partial charge is 0.223 e. The first-order valence-electron chi connectivity index (χ1n) is 8.86. The number of aromatic nitrogens is 2. The summed E-state index contributed by atoms with van der Waals surface area (Å²) in [6, 6.07) is 2.35. The fraction of sp³-hybridized carbons (Fsp3) is 0.556. The molecule has 1 N–H and O–H groups in total. The van der Waals surface area contributed by atoms with Gasteiger partial charge < -0.3 is 9.64 Å². The zero-order valence-corrected chi connectivity index (χ0v) is 15.1. The van der Waals surface area contributed by atoms with Crippen LogP contribution in [0.5, 0.6) is 0 Å². The molecule has 6 nitrogen and oxygen atoms in total. The average molecular weight is 360 g/mol. The Morgan fingerprint density at radius 3 is 3.08 bits per heavy atom. The number of nitrogens with one attached hydrogen (secondary N) is 1. The molecule has 0 spiro atoms. The SMILES string of the molecule is O=C(CCc1cn[nH]c1)N1C[C@H]2COC[C@@H]1CN(Cc1ccsc1)C2. The molecule has 2 aliphatic heterocycles. The fourth-order valence-electron chi connectivity index (χ4n) is 3.82. The minimum Gasteiger partial charge on any atom is -0.379 e. The molecular formula is C18H24N4O2S. The number of aryl methyl sites for hydroxylation is 1. The summed E-state index contributed by atoms with van der Waals surface area (Å²) >= 11 is 1.74. The molecule has 0 aromatic carbocycles. The highest BCUT2D eigenvalue weighted by atomic mass is 32.1. The highest BCUT2D eigenvalue weighted by molar-refractivity contribution is 7.07. The lowest BCUT2D eigenvalue weighted by Gasteiger charge is -2.31. The van der Waals surface area contributed by atoms with Gasteiger partial charge in [0.15, 0.2) is 0 Å². The first-order valence-corrected chi connectivity index (χ1v) is 9.80. The van der Waals surface area contributed by atoms with Gasteiger partial charge in [0.05, 0.1) is 25.5 Å². The quantitative estimate of drug-likeness (QED) is 0.883. The summed E-state index contributed by atoms with van der Waals surface area (Å²) in [6.07, 6.45) is 4.93. The topological polar surface area (TPSA) is 61.5 Å². The average Bonchev–Trinajstić information content (AvgIpc) is 3.21. The Labute approximate surface area is 151 Å². The monoisotopic (exact) mass is 360 g/mol. The Morgan fingerprint density at radius 2 is 2.28 bits per heavy atom. The molecule has 2 atom stereocenters. The number of nitrogens with zero attached hydrogens (tertiary/aromatic N) is 3. The van der Waals surface area contributed by atoms with Gasteiger partial charge in [-0.3, -0.25) is 14.8 Å². The van der Waals surface area contributed by atoms with Crippen molar-refractivity contribution in [3.8, 4) is 0 Å². The van der Waals surface area contributed by atoms with Crippen molar-refractivity contribution in [1.29, 1.82) is 0 Å². The van der Waals surface area contributed by atoms with E-state index < -0.39 is 0 Å². The second-order valence-corrected chi connectivity index (χ2v) is 7.82. The van der Waals surface area contributed by atoms with Crippen molar-refractivity contribution in [2.45, 2.75) is 25.4 Å². The summed E-state index contributed by atoms with van der Waals surface area (Å²) in [6.45, 7) is 5.07. The van der Waals surface area contributed by atoms with E-state index in [0.717, 1.165) is 44.8 Å². The van der Waals surface area contributed by atoms with E-state index >= 15 is 0 Å². The molecule has 2 aromatic rings. The van der Waals surface area contributed by atoms with Gasteiger partial charge in [-0.2, -0.15) is 16.4 Å². The summed E-state index contributed by atoms with van der Waals surface area (Å²) in [5.41, 5.74) is 2.45. The van der Waals surface area contributed by atoms with Crippen LogP contribution in [0.2, 0.25) is 0 Å². The molecule has 0 unspecified atom stereocenters. The number of fused-ring (bicyclic) bond motifs is 3. The molecule has 0 radical (unpaired) electrons. The molecule has 25 heavy (non-hydrogen) atoms. The Morgan fingerprint density at radius 1 is 1.32 bits per heavy atom. The first kappa shape index (κ1) is 16.8. The van der Waals surface area contributed by atoms with Crippen LogP contribution in [0.15, 0.2) is 29.2 Å². The van der Waals surface area contributed by atoms with E-state index in [-0.39, 0.29) is 11.9 Å². The van der Waals surface area contributed by atoms with Crippen LogP contribution in [0.1, 0.15) is 17.5 Å². The number of ether oxygens (including phenoxy) is 1. The van der Waals surface area contributed by atoms with Crippen LogP contribution in [0.25, 0.3) is 0 Å². The number of amides is 1. The van der Waals surface area contributed by atoms with E-state index in [1.807, 2.05) is 6.20 Å². The minimum absolute atomic E-state index is 0.156. The molecule has 0 aliphatic carbocycles. The van der Waals surface area contributed by atoms with Gasteiger partial charge in [-0.25, -0.2) is 0 Å².